The maximum atomic E-state index is 12.6. The molecule has 1 amide bonds. The molecule has 170 valence electrons. The first-order valence-corrected chi connectivity index (χ1v) is 11.5. The Labute approximate surface area is 197 Å². The van der Waals surface area contributed by atoms with Crippen LogP contribution in [0.5, 0.6) is 11.5 Å². The molecule has 0 saturated heterocycles. The quantitative estimate of drug-likeness (QED) is 0.378. The van der Waals surface area contributed by atoms with Gasteiger partial charge in [-0.25, -0.2) is 4.98 Å². The van der Waals surface area contributed by atoms with Crippen molar-refractivity contribution in [2.75, 3.05) is 25.3 Å². The Morgan fingerprint density at radius 3 is 2.55 bits per heavy atom. The Kier molecular flexibility index (Phi) is 6.84. The first-order chi connectivity index (χ1) is 16.0. The number of benzene rings is 2. The van der Waals surface area contributed by atoms with Gasteiger partial charge in [0, 0.05) is 23.0 Å². The number of anilines is 1. The van der Waals surface area contributed by atoms with Gasteiger partial charge in [-0.1, -0.05) is 23.9 Å². The largest absolute Gasteiger partial charge is 0.497 e. The molecule has 4 aromatic rings. The molecule has 0 aliphatic rings. The van der Waals surface area contributed by atoms with Crippen LogP contribution in [0, 0.1) is 13.8 Å². The van der Waals surface area contributed by atoms with Crippen LogP contribution in [0.2, 0.25) is 0 Å². The van der Waals surface area contributed by atoms with Gasteiger partial charge in [-0.05, 0) is 50.2 Å². The molecule has 0 aliphatic carbocycles. The molecule has 4 rings (SSSR count). The van der Waals surface area contributed by atoms with Crippen molar-refractivity contribution < 1.29 is 14.3 Å². The summed E-state index contributed by atoms with van der Waals surface area (Å²) in [5, 5.41) is 3.68. The van der Waals surface area contributed by atoms with E-state index in [0.717, 1.165) is 50.2 Å². The zero-order valence-corrected chi connectivity index (χ0v) is 19.9. The molecular formula is C25H26N4O3S. The van der Waals surface area contributed by atoms with Crippen LogP contribution in [0.1, 0.15) is 16.8 Å². The number of pyridine rings is 1. The average molecular weight is 463 g/mol. The van der Waals surface area contributed by atoms with Crippen molar-refractivity contribution in [3.63, 3.8) is 0 Å². The number of hydrogen-bond donors (Lipinski definition) is 1. The maximum Gasteiger partial charge on any atom is 0.234 e. The zero-order chi connectivity index (χ0) is 23.4. The molecule has 2 heterocycles. The van der Waals surface area contributed by atoms with Crippen LogP contribution in [-0.2, 0) is 11.3 Å². The fourth-order valence-electron chi connectivity index (χ4n) is 3.70. The molecule has 0 unspecified atom stereocenters. The number of fused-ring (bicyclic) bond motifs is 1. The van der Waals surface area contributed by atoms with Gasteiger partial charge in [0.05, 0.1) is 43.2 Å². The van der Waals surface area contributed by atoms with E-state index in [0.29, 0.717) is 6.54 Å². The van der Waals surface area contributed by atoms with E-state index in [2.05, 4.69) is 14.9 Å². The van der Waals surface area contributed by atoms with Crippen molar-refractivity contribution in [2.45, 2.75) is 25.5 Å². The van der Waals surface area contributed by atoms with E-state index in [1.807, 2.05) is 68.6 Å². The van der Waals surface area contributed by atoms with E-state index in [4.69, 9.17) is 14.5 Å². The van der Waals surface area contributed by atoms with Crippen molar-refractivity contribution in [3.05, 3.63) is 71.5 Å². The van der Waals surface area contributed by atoms with Gasteiger partial charge < -0.3 is 19.4 Å². The van der Waals surface area contributed by atoms with E-state index in [9.17, 15) is 4.79 Å². The Morgan fingerprint density at radius 2 is 1.82 bits per heavy atom. The van der Waals surface area contributed by atoms with Crippen LogP contribution in [0.4, 0.5) is 5.69 Å². The number of carbonyl (C=O) groups excluding carboxylic acids is 1. The molecule has 7 nitrogen and oxygen atoms in total. The third-order valence-electron chi connectivity index (χ3n) is 5.38. The van der Waals surface area contributed by atoms with Crippen molar-refractivity contribution in [1.82, 2.24) is 14.5 Å². The predicted octanol–water partition coefficient (Wildman–Crippen LogP) is 4.84. The summed E-state index contributed by atoms with van der Waals surface area (Å²) in [6.45, 7) is 4.53. The number of nitrogens with one attached hydrogen (secondary N) is 1. The Hall–Kier alpha value is -3.52. The minimum absolute atomic E-state index is 0.102. The first kappa shape index (κ1) is 22.7. The highest BCUT2D eigenvalue weighted by molar-refractivity contribution is 7.99. The molecule has 0 radical (unpaired) electrons. The number of aromatic nitrogens is 3. The van der Waals surface area contributed by atoms with Crippen molar-refractivity contribution in [1.29, 1.82) is 0 Å². The monoisotopic (exact) mass is 462 g/mol. The number of hydrogen-bond acceptors (Lipinski definition) is 6. The van der Waals surface area contributed by atoms with E-state index < -0.39 is 0 Å². The number of imidazole rings is 1. The summed E-state index contributed by atoms with van der Waals surface area (Å²) in [5.41, 5.74) is 5.51. The molecule has 1 N–H and O–H groups in total. The number of carbonyl (C=O) groups is 1. The number of amides is 1. The number of ether oxygens (including phenoxy) is 2. The van der Waals surface area contributed by atoms with Gasteiger partial charge in [-0.15, -0.1) is 0 Å². The highest BCUT2D eigenvalue weighted by Gasteiger charge is 2.16. The van der Waals surface area contributed by atoms with Crippen LogP contribution in [0.15, 0.2) is 59.9 Å². The molecule has 0 saturated carbocycles. The highest BCUT2D eigenvalue weighted by Crippen LogP contribution is 2.29. The molecule has 2 aromatic carbocycles. The number of thioether (sulfide) groups is 1. The average Bonchev–Trinajstić information content (AvgIpc) is 3.17. The summed E-state index contributed by atoms with van der Waals surface area (Å²) in [4.78, 5) is 22.0. The molecule has 0 bridgehead atoms. The molecular weight excluding hydrogens is 436 g/mol. The van der Waals surface area contributed by atoms with Crippen molar-refractivity contribution in [3.8, 4) is 11.5 Å². The SMILES string of the molecule is COc1ccc(NC(=O)CSc2nc3ccccc3n2Cc2ncc(C)c(OC)c2C)cc1. The number of nitrogens with zero attached hydrogens (tertiary/aromatic N) is 3. The molecule has 2 aromatic heterocycles. The van der Waals surface area contributed by atoms with Gasteiger partial charge in [0.1, 0.15) is 11.5 Å². The van der Waals surface area contributed by atoms with E-state index in [1.54, 1.807) is 14.2 Å². The predicted molar refractivity (Wildman–Crippen MR) is 131 cm³/mol. The van der Waals surface area contributed by atoms with E-state index >= 15 is 0 Å². The molecule has 0 spiro atoms. The minimum atomic E-state index is -0.102. The van der Waals surface area contributed by atoms with Crippen LogP contribution in [0.25, 0.3) is 11.0 Å². The molecule has 0 aliphatic heterocycles. The van der Waals surface area contributed by atoms with E-state index in [1.165, 1.54) is 11.8 Å². The standard InChI is InChI=1S/C25H26N4O3S/c1-16-13-26-21(17(2)24(16)32-4)14-29-22-8-6-5-7-20(22)28-25(29)33-15-23(30)27-18-9-11-19(31-3)12-10-18/h5-13H,14-15H2,1-4H3,(H,27,30). The first-order valence-electron chi connectivity index (χ1n) is 10.5. The van der Waals surface area contributed by atoms with Gasteiger partial charge in [0.2, 0.25) is 5.91 Å². The fourth-order valence-corrected chi connectivity index (χ4v) is 4.51. The van der Waals surface area contributed by atoms with Gasteiger partial charge in [0.15, 0.2) is 5.16 Å². The Morgan fingerprint density at radius 1 is 1.06 bits per heavy atom. The van der Waals surface area contributed by atoms with Crippen LogP contribution < -0.4 is 14.8 Å². The lowest BCUT2D eigenvalue weighted by Gasteiger charge is -2.14. The summed E-state index contributed by atoms with van der Waals surface area (Å²) in [6, 6.07) is 15.2. The zero-order valence-electron chi connectivity index (χ0n) is 19.1. The van der Waals surface area contributed by atoms with Crippen molar-refractivity contribution >= 4 is 34.4 Å². The number of methoxy groups -OCH3 is 2. The minimum Gasteiger partial charge on any atom is -0.497 e. The second-order valence-corrected chi connectivity index (χ2v) is 8.52. The highest BCUT2D eigenvalue weighted by atomic mass is 32.2. The Balaban J connectivity index is 1.56. The lowest BCUT2D eigenvalue weighted by Crippen LogP contribution is -2.15. The van der Waals surface area contributed by atoms with Gasteiger partial charge in [-0.2, -0.15) is 0 Å². The second-order valence-electron chi connectivity index (χ2n) is 7.58. The number of aryl methyl sites for hydroxylation is 1. The van der Waals surface area contributed by atoms with Gasteiger partial charge in [-0.3, -0.25) is 9.78 Å². The molecule has 0 atom stereocenters. The number of para-hydroxylation sites is 2. The second kappa shape index (κ2) is 9.95. The Bertz CT molecular complexity index is 1290. The third kappa shape index (κ3) is 4.96. The smallest absolute Gasteiger partial charge is 0.234 e. The summed E-state index contributed by atoms with van der Waals surface area (Å²) < 4.78 is 12.8. The number of rotatable bonds is 8. The molecule has 33 heavy (non-hydrogen) atoms. The van der Waals surface area contributed by atoms with Gasteiger partial charge in [0.25, 0.3) is 0 Å². The van der Waals surface area contributed by atoms with Gasteiger partial charge >= 0.3 is 0 Å². The van der Waals surface area contributed by atoms with Crippen molar-refractivity contribution in [2.24, 2.45) is 0 Å². The normalized spacial score (nSPS) is 10.9. The molecule has 0 fully saturated rings. The summed E-state index contributed by atoms with van der Waals surface area (Å²) in [6.07, 6.45) is 1.83. The fraction of sp³-hybridized carbons (Fsp3) is 0.240. The summed E-state index contributed by atoms with van der Waals surface area (Å²) in [5.74, 6) is 1.72. The lowest BCUT2D eigenvalue weighted by atomic mass is 10.1. The van der Waals surface area contributed by atoms with Crippen LogP contribution in [0.3, 0.4) is 0 Å². The third-order valence-corrected chi connectivity index (χ3v) is 6.36. The maximum absolute atomic E-state index is 12.6. The van der Waals surface area contributed by atoms with E-state index in [-0.39, 0.29) is 11.7 Å². The van der Waals surface area contributed by atoms with Crippen LogP contribution in [-0.4, -0.2) is 40.4 Å². The molecule has 8 heteroatoms. The van der Waals surface area contributed by atoms with Crippen LogP contribution >= 0.6 is 11.8 Å². The lowest BCUT2D eigenvalue weighted by molar-refractivity contribution is -0.113. The summed E-state index contributed by atoms with van der Waals surface area (Å²) in [7, 11) is 3.29. The summed E-state index contributed by atoms with van der Waals surface area (Å²) >= 11 is 1.40. The topological polar surface area (TPSA) is 78.3 Å².